The third kappa shape index (κ3) is 6.19. The fourth-order valence-electron chi connectivity index (χ4n) is 3.84. The van der Waals surface area contributed by atoms with Crippen LogP contribution in [0.5, 0.6) is 0 Å². The standard InChI is InChI=1S/C26H33N3O3/c1-26(2,3)22-11-9-21(10-12-22)25(32)29-17-13-20(14-18-29)24(31)28-16-15-27-23(30)19-7-5-4-6-8-19/h4-12,20H,13-18H2,1-3H3,(H,27,30)(H,28,31). The van der Waals surface area contributed by atoms with E-state index in [1.807, 2.05) is 47.4 Å². The zero-order valence-electron chi connectivity index (χ0n) is 19.2. The third-order valence-corrected chi connectivity index (χ3v) is 5.90. The zero-order valence-corrected chi connectivity index (χ0v) is 19.2. The summed E-state index contributed by atoms with van der Waals surface area (Å²) >= 11 is 0. The van der Waals surface area contributed by atoms with Crippen molar-refractivity contribution in [2.75, 3.05) is 26.2 Å². The molecule has 0 spiro atoms. The van der Waals surface area contributed by atoms with Gasteiger partial charge in [0, 0.05) is 43.2 Å². The molecule has 2 aromatic carbocycles. The van der Waals surface area contributed by atoms with Crippen molar-refractivity contribution >= 4 is 17.7 Å². The second-order valence-corrected chi connectivity index (χ2v) is 9.31. The Morgan fingerprint density at radius 2 is 1.44 bits per heavy atom. The highest BCUT2D eigenvalue weighted by Gasteiger charge is 2.27. The van der Waals surface area contributed by atoms with Gasteiger partial charge in [0.15, 0.2) is 0 Å². The highest BCUT2D eigenvalue weighted by atomic mass is 16.2. The summed E-state index contributed by atoms with van der Waals surface area (Å²) in [5, 5.41) is 5.70. The zero-order chi connectivity index (χ0) is 23.1. The number of nitrogens with one attached hydrogen (secondary N) is 2. The van der Waals surface area contributed by atoms with Crippen molar-refractivity contribution in [1.82, 2.24) is 15.5 Å². The molecule has 1 heterocycles. The smallest absolute Gasteiger partial charge is 0.253 e. The lowest BCUT2D eigenvalue weighted by atomic mass is 9.86. The average molecular weight is 436 g/mol. The Morgan fingerprint density at radius 3 is 2.03 bits per heavy atom. The first-order valence-electron chi connectivity index (χ1n) is 11.3. The van der Waals surface area contributed by atoms with Gasteiger partial charge < -0.3 is 15.5 Å². The monoisotopic (exact) mass is 435 g/mol. The van der Waals surface area contributed by atoms with Gasteiger partial charge in [-0.05, 0) is 48.1 Å². The Morgan fingerprint density at radius 1 is 0.844 bits per heavy atom. The SMILES string of the molecule is CC(C)(C)c1ccc(C(=O)N2CCC(C(=O)NCCNC(=O)c3ccccc3)CC2)cc1. The lowest BCUT2D eigenvalue weighted by molar-refractivity contribution is -0.126. The van der Waals surface area contributed by atoms with E-state index in [0.29, 0.717) is 50.1 Å². The van der Waals surface area contributed by atoms with Gasteiger partial charge in [-0.15, -0.1) is 0 Å². The van der Waals surface area contributed by atoms with Gasteiger partial charge in [0.1, 0.15) is 0 Å². The normalized spacial score (nSPS) is 14.7. The molecule has 1 fully saturated rings. The van der Waals surface area contributed by atoms with Gasteiger partial charge in [-0.25, -0.2) is 0 Å². The minimum Gasteiger partial charge on any atom is -0.354 e. The number of nitrogens with zero attached hydrogens (tertiary/aromatic N) is 1. The van der Waals surface area contributed by atoms with Crippen molar-refractivity contribution in [2.45, 2.75) is 39.0 Å². The number of carbonyl (C=O) groups excluding carboxylic acids is 3. The second-order valence-electron chi connectivity index (χ2n) is 9.31. The van der Waals surface area contributed by atoms with Crippen LogP contribution in [0.4, 0.5) is 0 Å². The molecule has 0 saturated carbocycles. The maximum Gasteiger partial charge on any atom is 0.253 e. The predicted octanol–water partition coefficient (Wildman–Crippen LogP) is 3.38. The van der Waals surface area contributed by atoms with E-state index >= 15 is 0 Å². The summed E-state index contributed by atoms with van der Waals surface area (Å²) in [4.78, 5) is 39.1. The lowest BCUT2D eigenvalue weighted by Crippen LogP contribution is -2.44. The fourth-order valence-corrected chi connectivity index (χ4v) is 3.84. The van der Waals surface area contributed by atoms with Gasteiger partial charge >= 0.3 is 0 Å². The number of rotatable bonds is 6. The first kappa shape index (κ1) is 23.5. The van der Waals surface area contributed by atoms with Crippen LogP contribution in [0.15, 0.2) is 54.6 Å². The molecule has 0 unspecified atom stereocenters. The number of carbonyl (C=O) groups is 3. The van der Waals surface area contributed by atoms with Crippen LogP contribution in [-0.4, -0.2) is 48.8 Å². The maximum atomic E-state index is 12.8. The predicted molar refractivity (Wildman–Crippen MR) is 126 cm³/mol. The maximum absolute atomic E-state index is 12.8. The van der Waals surface area contributed by atoms with Crippen molar-refractivity contribution in [1.29, 1.82) is 0 Å². The Kier molecular flexibility index (Phi) is 7.67. The van der Waals surface area contributed by atoms with Crippen LogP contribution in [-0.2, 0) is 10.2 Å². The van der Waals surface area contributed by atoms with Gasteiger partial charge in [-0.1, -0.05) is 51.1 Å². The van der Waals surface area contributed by atoms with Crippen LogP contribution in [0.25, 0.3) is 0 Å². The van der Waals surface area contributed by atoms with Gasteiger partial charge in [0.2, 0.25) is 5.91 Å². The number of hydrogen-bond donors (Lipinski definition) is 2. The van der Waals surface area contributed by atoms with E-state index in [0.717, 1.165) is 0 Å². The molecular formula is C26H33N3O3. The molecule has 1 saturated heterocycles. The summed E-state index contributed by atoms with van der Waals surface area (Å²) in [6.07, 6.45) is 1.29. The lowest BCUT2D eigenvalue weighted by Gasteiger charge is -2.31. The van der Waals surface area contributed by atoms with Gasteiger partial charge in [-0.2, -0.15) is 0 Å². The van der Waals surface area contributed by atoms with Crippen molar-refractivity contribution in [2.24, 2.45) is 5.92 Å². The summed E-state index contributed by atoms with van der Waals surface area (Å²) in [5.41, 5.74) is 2.54. The topological polar surface area (TPSA) is 78.5 Å². The molecule has 6 nitrogen and oxygen atoms in total. The molecule has 0 atom stereocenters. The summed E-state index contributed by atoms with van der Waals surface area (Å²) < 4.78 is 0. The Bertz CT molecular complexity index is 925. The van der Waals surface area contributed by atoms with E-state index in [9.17, 15) is 14.4 Å². The van der Waals surface area contributed by atoms with E-state index in [4.69, 9.17) is 0 Å². The van der Waals surface area contributed by atoms with Crippen LogP contribution in [0, 0.1) is 5.92 Å². The van der Waals surface area contributed by atoms with Crippen molar-refractivity contribution in [3.8, 4) is 0 Å². The summed E-state index contributed by atoms with van der Waals surface area (Å²) in [7, 11) is 0. The Labute approximate surface area is 190 Å². The van der Waals surface area contributed by atoms with E-state index in [2.05, 4.69) is 31.4 Å². The van der Waals surface area contributed by atoms with Crippen LogP contribution in [0.1, 0.15) is 59.9 Å². The highest BCUT2D eigenvalue weighted by molar-refractivity contribution is 5.95. The highest BCUT2D eigenvalue weighted by Crippen LogP contribution is 2.24. The summed E-state index contributed by atoms with van der Waals surface area (Å²) in [5.74, 6) is -0.247. The molecule has 170 valence electrons. The number of piperidine rings is 1. The molecule has 0 aromatic heterocycles. The van der Waals surface area contributed by atoms with E-state index in [-0.39, 0.29) is 29.1 Å². The largest absolute Gasteiger partial charge is 0.354 e. The van der Waals surface area contributed by atoms with E-state index < -0.39 is 0 Å². The molecule has 2 N–H and O–H groups in total. The van der Waals surface area contributed by atoms with Gasteiger partial charge in [0.05, 0.1) is 0 Å². The second kappa shape index (κ2) is 10.4. The molecule has 1 aliphatic heterocycles. The van der Waals surface area contributed by atoms with Crippen molar-refractivity contribution in [3.05, 3.63) is 71.3 Å². The quantitative estimate of drug-likeness (QED) is 0.683. The fraction of sp³-hybridized carbons (Fsp3) is 0.423. The molecule has 32 heavy (non-hydrogen) atoms. The van der Waals surface area contributed by atoms with Crippen LogP contribution in [0.3, 0.4) is 0 Å². The Hall–Kier alpha value is -3.15. The first-order valence-corrected chi connectivity index (χ1v) is 11.3. The summed E-state index contributed by atoms with van der Waals surface area (Å²) in [6.45, 7) is 8.36. The molecule has 3 amide bonds. The van der Waals surface area contributed by atoms with Gasteiger partial charge in [0.25, 0.3) is 11.8 Å². The molecule has 1 aliphatic rings. The number of likely N-dealkylation sites (tertiary alicyclic amines) is 1. The van der Waals surface area contributed by atoms with Crippen LogP contribution in [0.2, 0.25) is 0 Å². The number of hydrogen-bond acceptors (Lipinski definition) is 3. The molecule has 0 bridgehead atoms. The summed E-state index contributed by atoms with van der Waals surface area (Å²) in [6, 6.07) is 16.8. The third-order valence-electron chi connectivity index (χ3n) is 5.90. The minimum absolute atomic E-state index is 0.0133. The molecule has 0 aliphatic carbocycles. The van der Waals surface area contributed by atoms with E-state index in [1.165, 1.54) is 5.56 Å². The molecule has 0 radical (unpaired) electrons. The number of benzene rings is 2. The average Bonchev–Trinajstić information content (AvgIpc) is 2.81. The molecule has 2 aromatic rings. The molecule has 3 rings (SSSR count). The van der Waals surface area contributed by atoms with Crippen molar-refractivity contribution < 1.29 is 14.4 Å². The van der Waals surface area contributed by atoms with E-state index in [1.54, 1.807) is 12.1 Å². The molecule has 6 heteroatoms. The van der Waals surface area contributed by atoms with Crippen LogP contribution >= 0.6 is 0 Å². The van der Waals surface area contributed by atoms with Crippen molar-refractivity contribution in [3.63, 3.8) is 0 Å². The Balaban J connectivity index is 1.39. The molecular weight excluding hydrogens is 402 g/mol. The first-order chi connectivity index (χ1) is 15.3. The van der Waals surface area contributed by atoms with Crippen LogP contribution < -0.4 is 10.6 Å². The van der Waals surface area contributed by atoms with Gasteiger partial charge in [-0.3, -0.25) is 14.4 Å². The number of amides is 3. The minimum atomic E-state index is -0.151.